The van der Waals surface area contributed by atoms with E-state index in [1.807, 2.05) is 0 Å². The number of likely N-dealkylation sites (tertiary alicyclic amines) is 1. The Morgan fingerprint density at radius 3 is 2.62 bits per heavy atom. The molecule has 1 aromatic carbocycles. The van der Waals surface area contributed by atoms with E-state index in [4.69, 9.17) is 4.74 Å². The van der Waals surface area contributed by atoms with Crippen LogP contribution in [0.3, 0.4) is 0 Å². The fourth-order valence-corrected chi connectivity index (χ4v) is 2.94. The van der Waals surface area contributed by atoms with Gasteiger partial charge in [-0.05, 0) is 49.9 Å². The number of nitrogens with zero attached hydrogens (tertiary/aromatic N) is 1. The van der Waals surface area contributed by atoms with Crippen molar-refractivity contribution in [2.24, 2.45) is 0 Å². The molecule has 1 heterocycles. The molecule has 1 atom stereocenters. The third-order valence-electron chi connectivity index (χ3n) is 4.19. The van der Waals surface area contributed by atoms with E-state index in [9.17, 15) is 4.39 Å². The van der Waals surface area contributed by atoms with E-state index in [1.54, 1.807) is 12.1 Å². The summed E-state index contributed by atoms with van der Waals surface area (Å²) in [4.78, 5) is 2.46. The highest BCUT2D eigenvalue weighted by Crippen LogP contribution is 2.22. The molecular weight excluding hydrogens is 265 g/mol. The number of ether oxygens (including phenoxy) is 1. The highest BCUT2D eigenvalue weighted by Gasteiger charge is 2.23. The van der Waals surface area contributed by atoms with Gasteiger partial charge in [0.25, 0.3) is 0 Å². The Bertz CT molecular complexity index is 393. The first-order valence-electron chi connectivity index (χ1n) is 8.46. The standard InChI is InChI=1S/C18H28FNO/c1-2-3-4-5-7-14-20-15-8-6-9-18(20)21-17-12-10-16(19)11-13-17/h10-13,18H,2-9,14-15H2,1H3. The fraction of sp³-hybridized carbons (Fsp3) is 0.667. The Morgan fingerprint density at radius 1 is 1.10 bits per heavy atom. The van der Waals surface area contributed by atoms with E-state index in [-0.39, 0.29) is 12.0 Å². The maximum Gasteiger partial charge on any atom is 0.152 e. The molecule has 1 aliphatic heterocycles. The molecule has 2 nitrogen and oxygen atoms in total. The van der Waals surface area contributed by atoms with Crippen LogP contribution in [0.25, 0.3) is 0 Å². The number of hydrogen-bond donors (Lipinski definition) is 0. The van der Waals surface area contributed by atoms with Gasteiger partial charge in [0.05, 0.1) is 0 Å². The predicted molar refractivity (Wildman–Crippen MR) is 85.0 cm³/mol. The number of rotatable bonds is 8. The van der Waals surface area contributed by atoms with Crippen molar-refractivity contribution in [3.63, 3.8) is 0 Å². The average molecular weight is 293 g/mol. The molecule has 1 aliphatic rings. The molecular formula is C18H28FNO. The van der Waals surface area contributed by atoms with Crippen LogP contribution < -0.4 is 4.74 Å². The molecule has 0 aliphatic carbocycles. The van der Waals surface area contributed by atoms with Gasteiger partial charge in [-0.15, -0.1) is 0 Å². The van der Waals surface area contributed by atoms with Gasteiger partial charge in [-0.3, -0.25) is 4.90 Å². The molecule has 0 radical (unpaired) electrons. The van der Waals surface area contributed by atoms with Gasteiger partial charge >= 0.3 is 0 Å². The summed E-state index contributed by atoms with van der Waals surface area (Å²) in [6.07, 6.45) is 10.3. The molecule has 1 aromatic rings. The Labute approximate surface area is 128 Å². The SMILES string of the molecule is CCCCCCCN1CCCCC1Oc1ccc(F)cc1. The zero-order valence-corrected chi connectivity index (χ0v) is 13.2. The summed E-state index contributed by atoms with van der Waals surface area (Å²) in [6, 6.07) is 6.38. The van der Waals surface area contributed by atoms with Gasteiger partial charge in [-0.1, -0.05) is 32.6 Å². The fourth-order valence-electron chi connectivity index (χ4n) is 2.94. The van der Waals surface area contributed by atoms with Crippen molar-refractivity contribution in [3.8, 4) is 5.75 Å². The van der Waals surface area contributed by atoms with Crippen LogP contribution in [0.15, 0.2) is 24.3 Å². The van der Waals surface area contributed by atoms with Gasteiger partial charge in [0.1, 0.15) is 11.6 Å². The van der Waals surface area contributed by atoms with Gasteiger partial charge in [0.2, 0.25) is 0 Å². The monoisotopic (exact) mass is 293 g/mol. The minimum Gasteiger partial charge on any atom is -0.475 e. The molecule has 0 spiro atoms. The van der Waals surface area contributed by atoms with E-state index < -0.39 is 0 Å². The third kappa shape index (κ3) is 5.66. The Morgan fingerprint density at radius 2 is 1.86 bits per heavy atom. The summed E-state index contributed by atoms with van der Waals surface area (Å²) in [5, 5.41) is 0. The summed E-state index contributed by atoms with van der Waals surface area (Å²) >= 11 is 0. The maximum atomic E-state index is 12.9. The first-order valence-corrected chi connectivity index (χ1v) is 8.46. The van der Waals surface area contributed by atoms with Crippen LogP contribution in [0.5, 0.6) is 5.75 Å². The first kappa shape index (κ1) is 16.3. The van der Waals surface area contributed by atoms with Crippen molar-refractivity contribution >= 4 is 0 Å². The van der Waals surface area contributed by atoms with Crippen molar-refractivity contribution < 1.29 is 9.13 Å². The zero-order chi connectivity index (χ0) is 14.9. The molecule has 0 N–H and O–H groups in total. The summed E-state index contributed by atoms with van der Waals surface area (Å²) in [5.41, 5.74) is 0. The van der Waals surface area contributed by atoms with Crippen LogP contribution in [0.2, 0.25) is 0 Å². The second-order valence-corrected chi connectivity index (χ2v) is 5.97. The summed E-state index contributed by atoms with van der Waals surface area (Å²) in [6.45, 7) is 4.49. The van der Waals surface area contributed by atoms with Crippen LogP contribution in [0.1, 0.15) is 58.3 Å². The van der Waals surface area contributed by atoms with E-state index in [0.29, 0.717) is 0 Å². The van der Waals surface area contributed by atoms with E-state index >= 15 is 0 Å². The topological polar surface area (TPSA) is 12.5 Å². The second kappa shape index (κ2) is 9.04. The molecule has 21 heavy (non-hydrogen) atoms. The average Bonchev–Trinajstić information content (AvgIpc) is 2.51. The first-order chi connectivity index (χ1) is 10.3. The Hall–Kier alpha value is -1.09. The predicted octanol–water partition coefficient (Wildman–Crippen LogP) is 4.99. The van der Waals surface area contributed by atoms with Crippen molar-refractivity contribution in [1.82, 2.24) is 4.90 Å². The lowest BCUT2D eigenvalue weighted by molar-refractivity contribution is -0.00478. The van der Waals surface area contributed by atoms with Crippen LogP contribution in [-0.2, 0) is 0 Å². The lowest BCUT2D eigenvalue weighted by Gasteiger charge is -2.35. The maximum absolute atomic E-state index is 12.9. The van der Waals surface area contributed by atoms with Crippen LogP contribution in [0, 0.1) is 5.82 Å². The number of piperidine rings is 1. The number of benzene rings is 1. The summed E-state index contributed by atoms with van der Waals surface area (Å²) in [5.74, 6) is 0.568. The van der Waals surface area contributed by atoms with Gasteiger partial charge in [0, 0.05) is 13.1 Å². The third-order valence-corrected chi connectivity index (χ3v) is 4.19. The largest absolute Gasteiger partial charge is 0.475 e. The number of halogens is 1. The second-order valence-electron chi connectivity index (χ2n) is 5.97. The van der Waals surface area contributed by atoms with Crippen molar-refractivity contribution in [1.29, 1.82) is 0 Å². The Kier molecular flexibility index (Phi) is 7.01. The molecule has 0 saturated carbocycles. The summed E-state index contributed by atoms with van der Waals surface area (Å²) in [7, 11) is 0. The summed E-state index contributed by atoms with van der Waals surface area (Å²) < 4.78 is 19.0. The minimum absolute atomic E-state index is 0.162. The lowest BCUT2D eigenvalue weighted by atomic mass is 10.1. The number of hydrogen-bond acceptors (Lipinski definition) is 2. The smallest absolute Gasteiger partial charge is 0.152 e. The van der Waals surface area contributed by atoms with E-state index in [2.05, 4.69) is 11.8 Å². The van der Waals surface area contributed by atoms with E-state index in [0.717, 1.165) is 25.3 Å². The minimum atomic E-state index is -0.209. The normalized spacial score (nSPS) is 19.6. The van der Waals surface area contributed by atoms with Gasteiger partial charge in [0.15, 0.2) is 6.23 Å². The van der Waals surface area contributed by atoms with Gasteiger partial charge < -0.3 is 4.74 Å². The quantitative estimate of drug-likeness (QED) is 0.626. The molecule has 1 unspecified atom stereocenters. The van der Waals surface area contributed by atoms with Gasteiger partial charge in [-0.25, -0.2) is 4.39 Å². The highest BCUT2D eigenvalue weighted by atomic mass is 19.1. The van der Waals surface area contributed by atoms with Gasteiger partial charge in [-0.2, -0.15) is 0 Å². The van der Waals surface area contributed by atoms with Crippen molar-refractivity contribution in [2.75, 3.05) is 13.1 Å². The highest BCUT2D eigenvalue weighted by molar-refractivity contribution is 5.22. The van der Waals surface area contributed by atoms with Crippen LogP contribution in [-0.4, -0.2) is 24.2 Å². The molecule has 0 bridgehead atoms. The van der Waals surface area contributed by atoms with Crippen molar-refractivity contribution in [2.45, 2.75) is 64.5 Å². The molecule has 0 aromatic heterocycles. The Balaban J connectivity index is 1.79. The molecule has 3 heteroatoms. The molecule has 1 fully saturated rings. The lowest BCUT2D eigenvalue weighted by Crippen LogP contribution is -2.43. The zero-order valence-electron chi connectivity index (χ0n) is 13.2. The van der Waals surface area contributed by atoms with Crippen LogP contribution >= 0.6 is 0 Å². The molecule has 1 saturated heterocycles. The molecule has 2 rings (SSSR count). The molecule has 118 valence electrons. The number of unbranched alkanes of at least 4 members (excludes halogenated alkanes) is 4. The van der Waals surface area contributed by atoms with E-state index in [1.165, 1.54) is 57.1 Å². The van der Waals surface area contributed by atoms with Crippen molar-refractivity contribution in [3.05, 3.63) is 30.1 Å². The molecule has 0 amide bonds. The van der Waals surface area contributed by atoms with Crippen LogP contribution in [0.4, 0.5) is 4.39 Å².